The SMILES string of the molecule is CC(C)C1CN(C)C(C)(c2ccccc2)CN1. The van der Waals surface area contributed by atoms with Gasteiger partial charge in [0, 0.05) is 19.1 Å². The van der Waals surface area contributed by atoms with Gasteiger partial charge in [-0.2, -0.15) is 0 Å². The van der Waals surface area contributed by atoms with Gasteiger partial charge in [0.05, 0.1) is 5.54 Å². The molecule has 2 rings (SSSR count). The van der Waals surface area contributed by atoms with E-state index in [2.05, 4.69) is 68.4 Å². The van der Waals surface area contributed by atoms with Crippen molar-refractivity contribution in [1.29, 1.82) is 0 Å². The molecule has 1 aliphatic rings. The fraction of sp³-hybridized carbons (Fsp3) is 0.600. The van der Waals surface area contributed by atoms with Crippen molar-refractivity contribution in [3.8, 4) is 0 Å². The maximum atomic E-state index is 3.70. The smallest absolute Gasteiger partial charge is 0.0555 e. The van der Waals surface area contributed by atoms with Gasteiger partial charge in [-0.25, -0.2) is 0 Å². The number of hydrogen-bond donors (Lipinski definition) is 1. The Hall–Kier alpha value is -0.860. The summed E-state index contributed by atoms with van der Waals surface area (Å²) in [5, 5.41) is 3.70. The maximum absolute atomic E-state index is 3.70. The molecule has 1 aromatic carbocycles. The zero-order valence-electron chi connectivity index (χ0n) is 11.4. The summed E-state index contributed by atoms with van der Waals surface area (Å²) in [4.78, 5) is 2.49. The Labute approximate surface area is 105 Å². The lowest BCUT2D eigenvalue weighted by Gasteiger charge is -2.47. The molecule has 1 fully saturated rings. The van der Waals surface area contributed by atoms with E-state index in [-0.39, 0.29) is 5.54 Å². The van der Waals surface area contributed by atoms with Gasteiger partial charge in [-0.3, -0.25) is 4.90 Å². The van der Waals surface area contributed by atoms with Crippen molar-refractivity contribution in [2.24, 2.45) is 5.92 Å². The van der Waals surface area contributed by atoms with Crippen molar-refractivity contribution >= 4 is 0 Å². The van der Waals surface area contributed by atoms with E-state index in [4.69, 9.17) is 0 Å². The molecule has 2 heteroatoms. The van der Waals surface area contributed by atoms with Gasteiger partial charge in [-0.15, -0.1) is 0 Å². The van der Waals surface area contributed by atoms with Crippen molar-refractivity contribution < 1.29 is 0 Å². The summed E-state index contributed by atoms with van der Waals surface area (Å²) in [5.74, 6) is 0.692. The third-order valence-electron chi connectivity index (χ3n) is 4.22. The number of nitrogens with zero attached hydrogens (tertiary/aromatic N) is 1. The summed E-state index contributed by atoms with van der Waals surface area (Å²) in [5.41, 5.74) is 1.52. The van der Waals surface area contributed by atoms with Gasteiger partial charge in [-0.05, 0) is 25.5 Å². The van der Waals surface area contributed by atoms with Crippen LogP contribution in [0, 0.1) is 5.92 Å². The van der Waals surface area contributed by atoms with Gasteiger partial charge in [0.1, 0.15) is 0 Å². The Morgan fingerprint density at radius 3 is 2.47 bits per heavy atom. The van der Waals surface area contributed by atoms with Crippen molar-refractivity contribution in [2.75, 3.05) is 20.1 Å². The topological polar surface area (TPSA) is 15.3 Å². The number of benzene rings is 1. The maximum Gasteiger partial charge on any atom is 0.0555 e. The molecule has 94 valence electrons. The Balaban J connectivity index is 2.18. The molecular weight excluding hydrogens is 208 g/mol. The molecule has 1 saturated heterocycles. The van der Waals surface area contributed by atoms with Gasteiger partial charge >= 0.3 is 0 Å². The molecule has 1 aliphatic heterocycles. The minimum absolute atomic E-state index is 0.118. The molecule has 0 aromatic heterocycles. The highest BCUT2D eigenvalue weighted by Gasteiger charge is 2.37. The Kier molecular flexibility index (Phi) is 3.55. The zero-order chi connectivity index (χ0) is 12.5. The lowest BCUT2D eigenvalue weighted by molar-refractivity contribution is 0.0647. The largest absolute Gasteiger partial charge is 0.310 e. The molecule has 0 radical (unpaired) electrons. The molecule has 2 nitrogen and oxygen atoms in total. The lowest BCUT2D eigenvalue weighted by atomic mass is 9.86. The highest BCUT2D eigenvalue weighted by Crippen LogP contribution is 2.30. The predicted octanol–water partition coefficient (Wildman–Crippen LogP) is 2.46. The van der Waals surface area contributed by atoms with Gasteiger partial charge in [-0.1, -0.05) is 44.2 Å². The minimum Gasteiger partial charge on any atom is -0.310 e. The minimum atomic E-state index is 0.118. The summed E-state index contributed by atoms with van der Waals surface area (Å²) in [7, 11) is 2.24. The Morgan fingerprint density at radius 2 is 1.94 bits per heavy atom. The second-order valence-corrected chi connectivity index (χ2v) is 5.75. The fourth-order valence-electron chi connectivity index (χ4n) is 2.59. The highest BCUT2D eigenvalue weighted by atomic mass is 15.2. The molecule has 0 bridgehead atoms. The second-order valence-electron chi connectivity index (χ2n) is 5.75. The van der Waals surface area contributed by atoms with Crippen LogP contribution in [0.2, 0.25) is 0 Å². The van der Waals surface area contributed by atoms with Crippen LogP contribution >= 0.6 is 0 Å². The summed E-state index contributed by atoms with van der Waals surface area (Å²) >= 11 is 0. The number of rotatable bonds is 2. The molecule has 2 atom stereocenters. The van der Waals surface area contributed by atoms with Gasteiger partial charge < -0.3 is 5.32 Å². The molecule has 0 amide bonds. The van der Waals surface area contributed by atoms with Crippen LogP contribution in [-0.2, 0) is 5.54 Å². The van der Waals surface area contributed by atoms with E-state index >= 15 is 0 Å². The van der Waals surface area contributed by atoms with Crippen molar-refractivity contribution in [2.45, 2.75) is 32.4 Å². The molecule has 1 aromatic rings. The van der Waals surface area contributed by atoms with Crippen LogP contribution in [0.15, 0.2) is 30.3 Å². The normalized spacial score (nSPS) is 30.8. The number of nitrogens with one attached hydrogen (secondary N) is 1. The van der Waals surface area contributed by atoms with Crippen LogP contribution in [0.3, 0.4) is 0 Å². The van der Waals surface area contributed by atoms with E-state index in [0.717, 1.165) is 13.1 Å². The first kappa shape index (κ1) is 12.6. The first-order valence-electron chi connectivity index (χ1n) is 6.54. The first-order valence-corrected chi connectivity index (χ1v) is 6.54. The third kappa shape index (κ3) is 2.38. The average Bonchev–Trinajstić information content (AvgIpc) is 2.33. The summed E-state index contributed by atoms with van der Waals surface area (Å²) in [6, 6.07) is 11.4. The van der Waals surface area contributed by atoms with Crippen molar-refractivity contribution in [3.63, 3.8) is 0 Å². The van der Waals surface area contributed by atoms with E-state index in [1.54, 1.807) is 0 Å². The first-order chi connectivity index (χ1) is 8.04. The van der Waals surface area contributed by atoms with E-state index in [1.165, 1.54) is 5.56 Å². The van der Waals surface area contributed by atoms with Crippen LogP contribution in [0.5, 0.6) is 0 Å². The molecule has 17 heavy (non-hydrogen) atoms. The van der Waals surface area contributed by atoms with E-state index in [1.807, 2.05) is 0 Å². The Bertz CT molecular complexity index is 360. The van der Waals surface area contributed by atoms with Crippen LogP contribution in [0.25, 0.3) is 0 Å². The zero-order valence-corrected chi connectivity index (χ0v) is 11.4. The molecule has 2 unspecified atom stereocenters. The molecule has 0 aliphatic carbocycles. The number of piperazine rings is 1. The molecule has 1 heterocycles. The van der Waals surface area contributed by atoms with Gasteiger partial charge in [0.2, 0.25) is 0 Å². The average molecular weight is 232 g/mol. The molecule has 0 spiro atoms. The quantitative estimate of drug-likeness (QED) is 0.842. The predicted molar refractivity (Wildman–Crippen MR) is 73.1 cm³/mol. The van der Waals surface area contributed by atoms with Crippen LogP contribution in [-0.4, -0.2) is 31.1 Å². The van der Waals surface area contributed by atoms with Crippen LogP contribution in [0.1, 0.15) is 26.3 Å². The molecule has 0 saturated carbocycles. The Morgan fingerprint density at radius 1 is 1.29 bits per heavy atom. The molecular formula is C15H24N2. The van der Waals surface area contributed by atoms with Crippen LogP contribution in [0.4, 0.5) is 0 Å². The summed E-state index contributed by atoms with van der Waals surface area (Å²) in [6.07, 6.45) is 0. The number of hydrogen-bond acceptors (Lipinski definition) is 2. The van der Waals surface area contributed by atoms with E-state index in [0.29, 0.717) is 12.0 Å². The van der Waals surface area contributed by atoms with E-state index in [9.17, 15) is 0 Å². The highest BCUT2D eigenvalue weighted by molar-refractivity contribution is 5.25. The summed E-state index contributed by atoms with van der Waals surface area (Å²) in [6.45, 7) is 9.04. The third-order valence-corrected chi connectivity index (χ3v) is 4.22. The number of likely N-dealkylation sites (N-methyl/N-ethyl adjacent to an activating group) is 1. The van der Waals surface area contributed by atoms with E-state index < -0.39 is 0 Å². The fourth-order valence-corrected chi connectivity index (χ4v) is 2.59. The monoisotopic (exact) mass is 232 g/mol. The summed E-state index contributed by atoms with van der Waals surface area (Å²) < 4.78 is 0. The lowest BCUT2D eigenvalue weighted by Crippen LogP contribution is -2.61. The van der Waals surface area contributed by atoms with Gasteiger partial charge in [0.25, 0.3) is 0 Å². The standard InChI is InChI=1S/C15H24N2/c1-12(2)14-10-17(4)15(3,11-16-14)13-8-6-5-7-9-13/h5-9,12,14,16H,10-11H2,1-4H3. The second kappa shape index (κ2) is 4.79. The van der Waals surface area contributed by atoms with Crippen molar-refractivity contribution in [1.82, 2.24) is 10.2 Å². The van der Waals surface area contributed by atoms with Gasteiger partial charge in [0.15, 0.2) is 0 Å². The molecule has 1 N–H and O–H groups in total. The van der Waals surface area contributed by atoms with Crippen molar-refractivity contribution in [3.05, 3.63) is 35.9 Å². The van der Waals surface area contributed by atoms with Crippen LogP contribution < -0.4 is 5.32 Å².